The van der Waals surface area contributed by atoms with Gasteiger partial charge in [0.25, 0.3) is 0 Å². The average Bonchev–Trinajstić information content (AvgIpc) is 1.98. The van der Waals surface area contributed by atoms with Crippen LogP contribution in [0.5, 0.6) is 0 Å². The van der Waals surface area contributed by atoms with Crippen molar-refractivity contribution in [3.05, 3.63) is 0 Å². The van der Waals surface area contributed by atoms with Gasteiger partial charge in [-0.15, -0.1) is 0 Å². The van der Waals surface area contributed by atoms with Crippen molar-refractivity contribution in [1.29, 1.82) is 0 Å². The first-order chi connectivity index (χ1) is 5.11. The van der Waals surface area contributed by atoms with Crippen molar-refractivity contribution in [2.24, 2.45) is 5.73 Å². The molecule has 1 atom stereocenters. The zero-order valence-corrected chi connectivity index (χ0v) is 8.45. The molecule has 0 aromatic heterocycles. The van der Waals surface area contributed by atoms with Gasteiger partial charge in [0.05, 0.1) is 4.99 Å². The van der Waals surface area contributed by atoms with Gasteiger partial charge in [0, 0.05) is 12.5 Å². The highest BCUT2D eigenvalue weighted by atomic mass is 32.1. The summed E-state index contributed by atoms with van der Waals surface area (Å²) in [6, 6.07) is 0.525. The smallest absolute Gasteiger partial charge is 0.0743 e. The Balaban J connectivity index is 3.84. The summed E-state index contributed by atoms with van der Waals surface area (Å²) >= 11 is 4.86. The Morgan fingerprint density at radius 1 is 1.55 bits per heavy atom. The second-order valence-electron chi connectivity index (χ2n) is 2.81. The summed E-state index contributed by atoms with van der Waals surface area (Å²) in [6.07, 6.45) is 1.96. The van der Waals surface area contributed by atoms with Gasteiger partial charge in [-0.25, -0.2) is 0 Å². The highest BCUT2D eigenvalue weighted by Crippen LogP contribution is 2.05. The van der Waals surface area contributed by atoms with E-state index in [1.165, 1.54) is 0 Å². The minimum absolute atomic E-state index is 0.525. The molecule has 0 aromatic carbocycles. The zero-order chi connectivity index (χ0) is 8.85. The van der Waals surface area contributed by atoms with E-state index in [9.17, 15) is 0 Å². The van der Waals surface area contributed by atoms with E-state index in [2.05, 4.69) is 25.8 Å². The fourth-order valence-corrected chi connectivity index (χ4v) is 1.29. The second-order valence-corrected chi connectivity index (χ2v) is 3.33. The largest absolute Gasteiger partial charge is 0.393 e. The average molecular weight is 174 g/mol. The number of hydrogen-bond donors (Lipinski definition) is 1. The lowest BCUT2D eigenvalue weighted by Crippen LogP contribution is -2.34. The molecule has 0 saturated carbocycles. The lowest BCUT2D eigenvalue weighted by molar-refractivity contribution is 0.253. The topological polar surface area (TPSA) is 29.3 Å². The first-order valence-corrected chi connectivity index (χ1v) is 4.51. The number of nitrogens with two attached hydrogens (primary N) is 1. The van der Waals surface area contributed by atoms with Crippen LogP contribution in [-0.2, 0) is 0 Å². The summed E-state index contributed by atoms with van der Waals surface area (Å²) in [7, 11) is 2.10. The fraction of sp³-hybridized carbons (Fsp3) is 0.875. The number of hydrogen-bond acceptors (Lipinski definition) is 2. The Bertz CT molecular complexity index is 125. The van der Waals surface area contributed by atoms with Gasteiger partial charge in [-0.05, 0) is 20.0 Å². The predicted octanol–water partition coefficient (Wildman–Crippen LogP) is 1.39. The normalized spacial score (nSPS) is 13.5. The van der Waals surface area contributed by atoms with Crippen LogP contribution in [0.3, 0.4) is 0 Å². The van der Waals surface area contributed by atoms with Gasteiger partial charge in [-0.2, -0.15) is 0 Å². The first-order valence-electron chi connectivity index (χ1n) is 4.10. The van der Waals surface area contributed by atoms with E-state index < -0.39 is 0 Å². The van der Waals surface area contributed by atoms with E-state index in [1.54, 1.807) is 0 Å². The molecule has 3 heteroatoms. The molecule has 0 aromatic rings. The Morgan fingerprint density at radius 2 is 2.09 bits per heavy atom. The van der Waals surface area contributed by atoms with Crippen LogP contribution < -0.4 is 5.73 Å². The van der Waals surface area contributed by atoms with Crippen LogP contribution >= 0.6 is 12.2 Å². The van der Waals surface area contributed by atoms with Gasteiger partial charge < -0.3 is 10.6 Å². The molecule has 0 aliphatic heterocycles. The monoisotopic (exact) mass is 174 g/mol. The summed E-state index contributed by atoms with van der Waals surface area (Å²) in [5.74, 6) is 0. The van der Waals surface area contributed by atoms with Crippen molar-refractivity contribution < 1.29 is 0 Å². The molecule has 11 heavy (non-hydrogen) atoms. The van der Waals surface area contributed by atoms with Crippen LogP contribution in [0.25, 0.3) is 0 Å². The van der Waals surface area contributed by atoms with Crippen LogP contribution in [0.15, 0.2) is 0 Å². The molecule has 2 N–H and O–H groups in total. The van der Waals surface area contributed by atoms with Crippen LogP contribution in [0, 0.1) is 0 Å². The SMILES string of the molecule is CCC(CC(N)=S)N(C)CC. The number of nitrogens with zero attached hydrogens (tertiary/aromatic N) is 1. The first kappa shape index (κ1) is 10.8. The van der Waals surface area contributed by atoms with Gasteiger partial charge >= 0.3 is 0 Å². The molecule has 0 spiro atoms. The number of thiocarbonyl (C=S) groups is 1. The van der Waals surface area contributed by atoms with Gasteiger partial charge in [0.2, 0.25) is 0 Å². The van der Waals surface area contributed by atoms with Crippen LogP contribution in [0.1, 0.15) is 26.7 Å². The van der Waals surface area contributed by atoms with Crippen LogP contribution in [0.2, 0.25) is 0 Å². The van der Waals surface area contributed by atoms with Gasteiger partial charge in [0.1, 0.15) is 0 Å². The zero-order valence-electron chi connectivity index (χ0n) is 7.63. The highest BCUT2D eigenvalue weighted by molar-refractivity contribution is 7.80. The molecule has 0 fully saturated rings. The Morgan fingerprint density at radius 3 is 2.36 bits per heavy atom. The Hall–Kier alpha value is -0.150. The molecule has 0 amide bonds. The molecule has 66 valence electrons. The lowest BCUT2D eigenvalue weighted by Gasteiger charge is -2.24. The van der Waals surface area contributed by atoms with E-state index >= 15 is 0 Å². The minimum atomic E-state index is 0.525. The summed E-state index contributed by atoms with van der Waals surface area (Å²) in [4.78, 5) is 2.90. The van der Waals surface area contributed by atoms with E-state index in [0.29, 0.717) is 11.0 Å². The molecule has 0 radical (unpaired) electrons. The van der Waals surface area contributed by atoms with Crippen molar-refractivity contribution in [1.82, 2.24) is 4.90 Å². The third-order valence-corrected chi connectivity index (χ3v) is 2.20. The summed E-state index contributed by atoms with van der Waals surface area (Å²) in [5.41, 5.74) is 5.47. The molecular weight excluding hydrogens is 156 g/mol. The van der Waals surface area contributed by atoms with Crippen molar-refractivity contribution in [2.75, 3.05) is 13.6 Å². The third-order valence-electron chi connectivity index (χ3n) is 2.03. The van der Waals surface area contributed by atoms with E-state index in [1.807, 2.05) is 0 Å². The highest BCUT2D eigenvalue weighted by Gasteiger charge is 2.11. The standard InChI is InChI=1S/C8H18N2S/c1-4-7(6-8(9)11)10(3)5-2/h7H,4-6H2,1-3H3,(H2,9,11). The molecule has 1 unspecified atom stereocenters. The second kappa shape index (κ2) is 5.49. The van der Waals surface area contributed by atoms with E-state index in [4.69, 9.17) is 18.0 Å². The van der Waals surface area contributed by atoms with Crippen LogP contribution in [-0.4, -0.2) is 29.5 Å². The minimum Gasteiger partial charge on any atom is -0.393 e. The molecular formula is C8H18N2S. The molecule has 0 rings (SSSR count). The quantitative estimate of drug-likeness (QED) is 0.639. The maximum atomic E-state index is 5.47. The van der Waals surface area contributed by atoms with Gasteiger partial charge in [-0.1, -0.05) is 26.1 Å². The van der Waals surface area contributed by atoms with E-state index in [-0.39, 0.29) is 0 Å². The maximum Gasteiger partial charge on any atom is 0.0743 e. The van der Waals surface area contributed by atoms with Crippen LogP contribution in [0.4, 0.5) is 0 Å². The third kappa shape index (κ3) is 4.32. The molecule has 0 saturated heterocycles. The molecule has 2 nitrogen and oxygen atoms in total. The van der Waals surface area contributed by atoms with Gasteiger partial charge in [0.15, 0.2) is 0 Å². The van der Waals surface area contributed by atoms with Crippen molar-refractivity contribution in [3.8, 4) is 0 Å². The molecule has 0 bridgehead atoms. The Labute approximate surface area is 74.8 Å². The van der Waals surface area contributed by atoms with Crippen molar-refractivity contribution in [2.45, 2.75) is 32.7 Å². The summed E-state index contributed by atoms with van der Waals surface area (Å²) in [6.45, 7) is 5.36. The molecule has 0 aliphatic rings. The van der Waals surface area contributed by atoms with Crippen molar-refractivity contribution >= 4 is 17.2 Å². The van der Waals surface area contributed by atoms with Crippen molar-refractivity contribution in [3.63, 3.8) is 0 Å². The van der Waals surface area contributed by atoms with E-state index in [0.717, 1.165) is 19.4 Å². The Kier molecular flexibility index (Phi) is 5.42. The summed E-state index contributed by atoms with van der Waals surface area (Å²) < 4.78 is 0. The molecule has 0 aliphatic carbocycles. The van der Waals surface area contributed by atoms with Gasteiger partial charge in [-0.3, -0.25) is 0 Å². The lowest BCUT2D eigenvalue weighted by atomic mass is 10.1. The summed E-state index contributed by atoms with van der Waals surface area (Å²) in [5, 5.41) is 0. The molecule has 0 heterocycles. The fourth-order valence-electron chi connectivity index (χ4n) is 1.10. The number of rotatable bonds is 5. The predicted molar refractivity (Wildman–Crippen MR) is 53.8 cm³/mol. The maximum absolute atomic E-state index is 5.47.